The van der Waals surface area contributed by atoms with Gasteiger partial charge >= 0.3 is 0 Å². The summed E-state index contributed by atoms with van der Waals surface area (Å²) in [6, 6.07) is 10.8. The number of benzene rings is 1. The van der Waals surface area contributed by atoms with E-state index < -0.39 is 0 Å². The van der Waals surface area contributed by atoms with Crippen LogP contribution in [0, 0.1) is 0 Å². The van der Waals surface area contributed by atoms with Crippen LogP contribution in [0.2, 0.25) is 0 Å². The highest BCUT2D eigenvalue weighted by Gasteiger charge is 2.00. The first-order chi connectivity index (χ1) is 12.3. The van der Waals surface area contributed by atoms with Gasteiger partial charge in [-0.2, -0.15) is 0 Å². The van der Waals surface area contributed by atoms with Gasteiger partial charge in [0.2, 0.25) is 0 Å². The van der Waals surface area contributed by atoms with Gasteiger partial charge < -0.3 is 4.90 Å². The van der Waals surface area contributed by atoms with E-state index in [-0.39, 0.29) is 0 Å². The fourth-order valence-corrected chi connectivity index (χ4v) is 3.55. The van der Waals surface area contributed by atoms with Crippen molar-refractivity contribution in [3.05, 3.63) is 35.9 Å². The van der Waals surface area contributed by atoms with Crippen molar-refractivity contribution in [1.29, 1.82) is 0 Å². The lowest BCUT2D eigenvalue weighted by Gasteiger charge is -2.16. The maximum Gasteiger partial charge on any atom is 0.0230 e. The smallest absolute Gasteiger partial charge is 0.0230 e. The Bertz CT molecular complexity index is 373. The van der Waals surface area contributed by atoms with Crippen LogP contribution in [0.4, 0.5) is 0 Å². The highest BCUT2D eigenvalue weighted by atomic mass is 15.1. The third-order valence-corrected chi connectivity index (χ3v) is 5.19. The number of hydrogen-bond donors (Lipinski definition) is 0. The van der Waals surface area contributed by atoms with Gasteiger partial charge in [0, 0.05) is 6.54 Å². The van der Waals surface area contributed by atoms with Gasteiger partial charge in [-0.05, 0) is 25.6 Å². The Morgan fingerprint density at radius 1 is 0.600 bits per heavy atom. The van der Waals surface area contributed by atoms with Crippen LogP contribution in [0.5, 0.6) is 0 Å². The Hall–Kier alpha value is -0.820. The fraction of sp³-hybridized carbons (Fsp3) is 0.750. The van der Waals surface area contributed by atoms with Gasteiger partial charge in [0.1, 0.15) is 0 Å². The normalized spacial score (nSPS) is 11.3. The van der Waals surface area contributed by atoms with Gasteiger partial charge in [-0.3, -0.25) is 0 Å². The Morgan fingerprint density at radius 3 is 1.52 bits per heavy atom. The molecule has 0 N–H and O–H groups in total. The summed E-state index contributed by atoms with van der Waals surface area (Å²) in [5.41, 5.74) is 1.43. The van der Waals surface area contributed by atoms with Crippen molar-refractivity contribution in [2.24, 2.45) is 0 Å². The van der Waals surface area contributed by atoms with Crippen molar-refractivity contribution in [2.45, 2.75) is 103 Å². The minimum absolute atomic E-state index is 1.08. The molecule has 0 saturated carbocycles. The molecule has 0 spiro atoms. The van der Waals surface area contributed by atoms with Gasteiger partial charge in [0.25, 0.3) is 0 Å². The summed E-state index contributed by atoms with van der Waals surface area (Å²) < 4.78 is 0. The highest BCUT2D eigenvalue weighted by Crippen LogP contribution is 2.13. The second-order valence-electron chi connectivity index (χ2n) is 7.82. The molecule has 0 atom stereocenters. The first kappa shape index (κ1) is 22.2. The second kappa shape index (κ2) is 16.6. The van der Waals surface area contributed by atoms with Crippen LogP contribution in [-0.4, -0.2) is 18.5 Å². The predicted octanol–water partition coefficient (Wildman–Crippen LogP) is 7.60. The van der Waals surface area contributed by atoms with Crippen molar-refractivity contribution >= 4 is 0 Å². The molecule has 1 aromatic rings. The second-order valence-corrected chi connectivity index (χ2v) is 7.82. The first-order valence-corrected chi connectivity index (χ1v) is 11.1. The number of unbranched alkanes of at least 4 members (excludes halogenated alkanes) is 13. The van der Waals surface area contributed by atoms with Gasteiger partial charge in [-0.15, -0.1) is 0 Å². The predicted molar refractivity (Wildman–Crippen MR) is 113 cm³/mol. The van der Waals surface area contributed by atoms with Crippen LogP contribution in [0.25, 0.3) is 0 Å². The summed E-state index contributed by atoms with van der Waals surface area (Å²) >= 11 is 0. The minimum Gasteiger partial charge on any atom is -0.302 e. The molecule has 0 heterocycles. The van der Waals surface area contributed by atoms with Crippen molar-refractivity contribution in [3.8, 4) is 0 Å². The fourth-order valence-electron chi connectivity index (χ4n) is 3.55. The molecule has 1 rings (SSSR count). The third kappa shape index (κ3) is 14.1. The van der Waals surface area contributed by atoms with Gasteiger partial charge in [-0.1, -0.05) is 121 Å². The maximum absolute atomic E-state index is 2.45. The molecule has 1 nitrogen and oxygen atoms in total. The minimum atomic E-state index is 1.08. The summed E-state index contributed by atoms with van der Waals surface area (Å²) in [5.74, 6) is 0. The van der Waals surface area contributed by atoms with E-state index in [0.717, 1.165) is 6.54 Å². The third-order valence-electron chi connectivity index (χ3n) is 5.19. The van der Waals surface area contributed by atoms with E-state index in [1.807, 2.05) is 0 Å². The molecule has 1 aromatic carbocycles. The van der Waals surface area contributed by atoms with E-state index in [1.54, 1.807) is 0 Å². The van der Waals surface area contributed by atoms with Crippen molar-refractivity contribution in [2.75, 3.05) is 13.6 Å². The molecule has 0 bridgehead atoms. The molecule has 0 saturated heterocycles. The van der Waals surface area contributed by atoms with Gasteiger partial charge in [-0.25, -0.2) is 0 Å². The first-order valence-electron chi connectivity index (χ1n) is 11.1. The molecule has 0 aliphatic heterocycles. The number of nitrogens with zero attached hydrogens (tertiary/aromatic N) is 1. The van der Waals surface area contributed by atoms with E-state index in [1.165, 1.54) is 102 Å². The standard InChI is InChI=1S/C24H43N/c1-3-4-5-6-7-8-9-10-11-12-13-14-15-19-22-25(2)23-24-20-17-16-18-21-24/h16-18,20-21H,3-15,19,22-23H2,1-2H3. The average Bonchev–Trinajstić information content (AvgIpc) is 2.63. The molecule has 25 heavy (non-hydrogen) atoms. The zero-order valence-corrected chi connectivity index (χ0v) is 17.1. The zero-order chi connectivity index (χ0) is 18.0. The molecule has 1 heteroatoms. The lowest BCUT2D eigenvalue weighted by Crippen LogP contribution is -2.18. The average molecular weight is 346 g/mol. The highest BCUT2D eigenvalue weighted by molar-refractivity contribution is 5.14. The molecule has 144 valence electrons. The topological polar surface area (TPSA) is 3.24 Å². The van der Waals surface area contributed by atoms with Crippen molar-refractivity contribution < 1.29 is 0 Å². The van der Waals surface area contributed by atoms with Crippen LogP contribution >= 0.6 is 0 Å². The van der Waals surface area contributed by atoms with Crippen LogP contribution in [0.1, 0.15) is 102 Å². The van der Waals surface area contributed by atoms with Crippen LogP contribution in [0.3, 0.4) is 0 Å². The molecule has 0 unspecified atom stereocenters. The summed E-state index contributed by atoms with van der Waals surface area (Å²) in [6.07, 6.45) is 20.1. The lowest BCUT2D eigenvalue weighted by molar-refractivity contribution is 0.316. The van der Waals surface area contributed by atoms with E-state index in [9.17, 15) is 0 Å². The molecule has 0 aliphatic rings. The van der Waals surface area contributed by atoms with Crippen LogP contribution in [-0.2, 0) is 6.54 Å². The molecule has 0 fully saturated rings. The molecular weight excluding hydrogens is 302 g/mol. The SMILES string of the molecule is CCCCCCCCCCCCCCCCN(C)Cc1ccccc1. The van der Waals surface area contributed by atoms with Gasteiger partial charge in [0.05, 0.1) is 0 Å². The molecule has 0 radical (unpaired) electrons. The summed E-state index contributed by atoms with van der Waals surface area (Å²) in [6.45, 7) is 4.61. The number of rotatable bonds is 17. The van der Waals surface area contributed by atoms with Crippen LogP contribution < -0.4 is 0 Å². The monoisotopic (exact) mass is 345 g/mol. The number of hydrogen-bond acceptors (Lipinski definition) is 1. The lowest BCUT2D eigenvalue weighted by atomic mass is 10.0. The summed E-state index contributed by atoms with van der Waals surface area (Å²) in [5, 5.41) is 0. The molecular formula is C24H43N. The largest absolute Gasteiger partial charge is 0.302 e. The molecule has 0 aromatic heterocycles. The van der Waals surface area contributed by atoms with Gasteiger partial charge in [0.15, 0.2) is 0 Å². The summed E-state index contributed by atoms with van der Waals surface area (Å²) in [7, 11) is 2.25. The Balaban J connectivity index is 1.78. The zero-order valence-electron chi connectivity index (χ0n) is 17.1. The van der Waals surface area contributed by atoms with E-state index >= 15 is 0 Å². The Kier molecular flexibility index (Phi) is 14.8. The van der Waals surface area contributed by atoms with Crippen LogP contribution in [0.15, 0.2) is 30.3 Å². The molecule has 0 aliphatic carbocycles. The Labute approximate surface area is 158 Å². The van der Waals surface area contributed by atoms with E-state index in [0.29, 0.717) is 0 Å². The van der Waals surface area contributed by atoms with E-state index in [2.05, 4.69) is 49.2 Å². The van der Waals surface area contributed by atoms with Crippen molar-refractivity contribution in [1.82, 2.24) is 4.90 Å². The molecule has 0 amide bonds. The quantitative estimate of drug-likeness (QED) is 0.263. The summed E-state index contributed by atoms with van der Waals surface area (Å²) in [4.78, 5) is 2.45. The van der Waals surface area contributed by atoms with Crippen molar-refractivity contribution in [3.63, 3.8) is 0 Å². The van der Waals surface area contributed by atoms with E-state index in [4.69, 9.17) is 0 Å². The Morgan fingerprint density at radius 2 is 1.04 bits per heavy atom. The maximum atomic E-state index is 2.45.